The van der Waals surface area contributed by atoms with Gasteiger partial charge in [-0.1, -0.05) is 26.7 Å². The zero-order valence-corrected chi connectivity index (χ0v) is 12.1. The first kappa shape index (κ1) is 14.3. The Morgan fingerprint density at radius 2 is 1.67 bits per heavy atom. The van der Waals surface area contributed by atoms with Crippen molar-refractivity contribution in [2.45, 2.75) is 45.6 Å². The van der Waals surface area contributed by atoms with Crippen molar-refractivity contribution >= 4 is 0 Å². The van der Waals surface area contributed by atoms with E-state index in [1.165, 1.54) is 38.8 Å². The molecule has 18 heavy (non-hydrogen) atoms. The van der Waals surface area contributed by atoms with Gasteiger partial charge in [0.05, 0.1) is 6.10 Å². The topological polar surface area (TPSA) is 26.7 Å². The molecule has 1 aliphatic heterocycles. The standard InChI is InChI=1S/C15H30N2O/c1-3-16(4-2)11-15(18)12-17-9-13-7-5-6-8-14(13)10-17/h13-15,18H,3-12H2,1-2H3/t13-,14-,15-/m1/s1. The van der Waals surface area contributed by atoms with Crippen molar-refractivity contribution in [1.29, 1.82) is 0 Å². The van der Waals surface area contributed by atoms with Crippen LogP contribution in [0.15, 0.2) is 0 Å². The van der Waals surface area contributed by atoms with E-state index in [1.807, 2.05) is 0 Å². The van der Waals surface area contributed by atoms with E-state index in [-0.39, 0.29) is 6.10 Å². The van der Waals surface area contributed by atoms with Crippen LogP contribution >= 0.6 is 0 Å². The van der Waals surface area contributed by atoms with Crippen LogP contribution in [0.5, 0.6) is 0 Å². The summed E-state index contributed by atoms with van der Waals surface area (Å²) in [6, 6.07) is 0. The van der Waals surface area contributed by atoms with Gasteiger partial charge in [0.25, 0.3) is 0 Å². The Morgan fingerprint density at radius 1 is 1.11 bits per heavy atom. The zero-order valence-electron chi connectivity index (χ0n) is 12.1. The fraction of sp³-hybridized carbons (Fsp3) is 1.00. The molecule has 0 amide bonds. The van der Waals surface area contributed by atoms with Crippen LogP contribution < -0.4 is 0 Å². The summed E-state index contributed by atoms with van der Waals surface area (Å²) in [6.45, 7) is 10.6. The summed E-state index contributed by atoms with van der Waals surface area (Å²) >= 11 is 0. The quantitative estimate of drug-likeness (QED) is 0.783. The molecule has 0 aromatic carbocycles. The highest BCUT2D eigenvalue weighted by Gasteiger charge is 2.34. The largest absolute Gasteiger partial charge is 0.390 e. The lowest BCUT2D eigenvalue weighted by molar-refractivity contribution is 0.0833. The summed E-state index contributed by atoms with van der Waals surface area (Å²) in [6.07, 6.45) is 5.53. The third-order valence-corrected chi connectivity index (χ3v) is 4.88. The van der Waals surface area contributed by atoms with Crippen molar-refractivity contribution in [2.75, 3.05) is 39.3 Å². The molecule has 2 rings (SSSR count). The number of hydrogen-bond acceptors (Lipinski definition) is 3. The third-order valence-electron chi connectivity index (χ3n) is 4.88. The van der Waals surface area contributed by atoms with Crippen molar-refractivity contribution in [1.82, 2.24) is 9.80 Å². The predicted octanol–water partition coefficient (Wildman–Crippen LogP) is 1.81. The molecule has 0 unspecified atom stereocenters. The Balaban J connectivity index is 1.73. The molecule has 1 saturated carbocycles. The lowest BCUT2D eigenvalue weighted by Gasteiger charge is -2.25. The number of nitrogens with zero attached hydrogens (tertiary/aromatic N) is 2. The van der Waals surface area contributed by atoms with Crippen LogP contribution in [0.1, 0.15) is 39.5 Å². The van der Waals surface area contributed by atoms with E-state index in [9.17, 15) is 5.11 Å². The molecular formula is C15H30N2O. The molecule has 0 spiro atoms. The molecule has 1 heterocycles. The number of likely N-dealkylation sites (N-methyl/N-ethyl adjacent to an activating group) is 1. The van der Waals surface area contributed by atoms with Gasteiger partial charge in [0, 0.05) is 26.2 Å². The molecule has 0 aromatic heterocycles. The number of fused-ring (bicyclic) bond motifs is 1. The first-order valence-corrected chi connectivity index (χ1v) is 7.85. The first-order chi connectivity index (χ1) is 8.72. The highest BCUT2D eigenvalue weighted by Crippen LogP contribution is 2.35. The monoisotopic (exact) mass is 254 g/mol. The summed E-state index contributed by atoms with van der Waals surface area (Å²) in [5.74, 6) is 1.86. The molecule has 3 nitrogen and oxygen atoms in total. The molecular weight excluding hydrogens is 224 g/mol. The van der Waals surface area contributed by atoms with Gasteiger partial charge in [0.1, 0.15) is 0 Å². The summed E-state index contributed by atoms with van der Waals surface area (Å²) in [7, 11) is 0. The van der Waals surface area contributed by atoms with Crippen molar-refractivity contribution < 1.29 is 5.11 Å². The first-order valence-electron chi connectivity index (χ1n) is 7.85. The van der Waals surface area contributed by atoms with Crippen molar-refractivity contribution in [3.05, 3.63) is 0 Å². The minimum Gasteiger partial charge on any atom is -0.390 e. The molecule has 0 radical (unpaired) electrons. The maximum absolute atomic E-state index is 10.2. The highest BCUT2D eigenvalue weighted by molar-refractivity contribution is 4.87. The Kier molecular flexibility index (Phi) is 5.46. The predicted molar refractivity (Wildman–Crippen MR) is 75.7 cm³/mol. The van der Waals surface area contributed by atoms with Crippen LogP contribution in [-0.2, 0) is 0 Å². The van der Waals surface area contributed by atoms with Gasteiger partial charge in [-0.15, -0.1) is 0 Å². The number of hydrogen-bond donors (Lipinski definition) is 1. The molecule has 1 aliphatic carbocycles. The number of aliphatic hydroxyl groups excluding tert-OH is 1. The van der Waals surface area contributed by atoms with Gasteiger partial charge in [0.15, 0.2) is 0 Å². The van der Waals surface area contributed by atoms with Crippen LogP contribution in [0.25, 0.3) is 0 Å². The minimum atomic E-state index is -0.176. The number of rotatable bonds is 6. The molecule has 0 bridgehead atoms. The lowest BCUT2D eigenvalue weighted by Crippen LogP contribution is -2.39. The van der Waals surface area contributed by atoms with E-state index in [2.05, 4.69) is 23.6 Å². The second kappa shape index (κ2) is 6.88. The average molecular weight is 254 g/mol. The second-order valence-electron chi connectivity index (χ2n) is 6.16. The van der Waals surface area contributed by atoms with E-state index in [0.29, 0.717) is 0 Å². The lowest BCUT2D eigenvalue weighted by atomic mass is 9.82. The van der Waals surface area contributed by atoms with Crippen molar-refractivity contribution in [3.8, 4) is 0 Å². The molecule has 106 valence electrons. The van der Waals surface area contributed by atoms with Gasteiger partial charge in [0.2, 0.25) is 0 Å². The Hall–Kier alpha value is -0.120. The number of aliphatic hydroxyl groups is 1. The smallest absolute Gasteiger partial charge is 0.0793 e. The Bertz CT molecular complexity index is 229. The third kappa shape index (κ3) is 3.69. The van der Waals surface area contributed by atoms with E-state index in [4.69, 9.17) is 0 Å². The van der Waals surface area contributed by atoms with Gasteiger partial charge in [-0.2, -0.15) is 0 Å². The van der Waals surface area contributed by atoms with Gasteiger partial charge >= 0.3 is 0 Å². The summed E-state index contributed by atoms with van der Waals surface area (Å²) in [4.78, 5) is 4.82. The van der Waals surface area contributed by atoms with Crippen molar-refractivity contribution in [2.24, 2.45) is 11.8 Å². The summed E-state index contributed by atoms with van der Waals surface area (Å²) < 4.78 is 0. The Labute approximate surface area is 112 Å². The van der Waals surface area contributed by atoms with E-state index in [0.717, 1.165) is 38.0 Å². The minimum absolute atomic E-state index is 0.176. The average Bonchev–Trinajstić information content (AvgIpc) is 2.77. The zero-order chi connectivity index (χ0) is 13.0. The van der Waals surface area contributed by atoms with Crippen LogP contribution in [0.2, 0.25) is 0 Å². The summed E-state index contributed by atoms with van der Waals surface area (Å²) in [5.41, 5.74) is 0. The van der Waals surface area contributed by atoms with Gasteiger partial charge in [-0.05, 0) is 37.8 Å². The van der Waals surface area contributed by atoms with E-state index >= 15 is 0 Å². The Morgan fingerprint density at radius 3 is 2.17 bits per heavy atom. The van der Waals surface area contributed by atoms with E-state index in [1.54, 1.807) is 0 Å². The normalized spacial score (nSPS) is 30.7. The number of likely N-dealkylation sites (tertiary alicyclic amines) is 1. The highest BCUT2D eigenvalue weighted by atomic mass is 16.3. The molecule has 2 fully saturated rings. The molecule has 3 heteroatoms. The van der Waals surface area contributed by atoms with Crippen LogP contribution in [-0.4, -0.2) is 60.3 Å². The van der Waals surface area contributed by atoms with Gasteiger partial charge < -0.3 is 14.9 Å². The van der Waals surface area contributed by atoms with Crippen LogP contribution in [0.4, 0.5) is 0 Å². The maximum atomic E-state index is 10.2. The van der Waals surface area contributed by atoms with Crippen molar-refractivity contribution in [3.63, 3.8) is 0 Å². The molecule has 2 aliphatic rings. The number of β-amino-alcohol motifs (C(OH)–C–C–N with tert-alkyl or cyclic N) is 1. The van der Waals surface area contributed by atoms with E-state index < -0.39 is 0 Å². The van der Waals surface area contributed by atoms with Gasteiger partial charge in [-0.25, -0.2) is 0 Å². The molecule has 0 aromatic rings. The summed E-state index contributed by atoms with van der Waals surface area (Å²) in [5, 5.41) is 10.2. The second-order valence-corrected chi connectivity index (χ2v) is 6.16. The van der Waals surface area contributed by atoms with Crippen LogP contribution in [0.3, 0.4) is 0 Å². The molecule has 3 atom stereocenters. The molecule has 1 saturated heterocycles. The van der Waals surface area contributed by atoms with Crippen LogP contribution in [0, 0.1) is 11.8 Å². The van der Waals surface area contributed by atoms with Gasteiger partial charge in [-0.3, -0.25) is 0 Å². The fourth-order valence-electron chi connectivity index (χ4n) is 3.79. The fourth-order valence-corrected chi connectivity index (χ4v) is 3.79. The SMILES string of the molecule is CCN(CC)C[C@@H](O)CN1C[C@H]2CCCC[C@@H]2C1. The maximum Gasteiger partial charge on any atom is 0.0793 e. The molecule has 1 N–H and O–H groups in total.